The quantitative estimate of drug-likeness (QED) is 0.148. The Kier molecular flexibility index (Phi) is 10.7. The van der Waals surface area contributed by atoms with Gasteiger partial charge in [-0.15, -0.1) is 0 Å². The second-order valence-electron chi connectivity index (χ2n) is 7.33. The monoisotopic (exact) mass is 467 g/mol. The number of primary amides is 1. The summed E-state index contributed by atoms with van der Waals surface area (Å²) in [5.74, 6) is -4.68. The summed E-state index contributed by atoms with van der Waals surface area (Å²) >= 11 is 0. The van der Waals surface area contributed by atoms with Crippen LogP contribution in [-0.2, 0) is 30.4 Å². The van der Waals surface area contributed by atoms with Crippen molar-refractivity contribution >= 4 is 29.6 Å². The van der Waals surface area contributed by atoms with Gasteiger partial charge in [-0.25, -0.2) is 4.79 Å². The molecular formula is C20H29N5O8. The Balaban J connectivity index is 2.94. The van der Waals surface area contributed by atoms with Crippen LogP contribution in [0, 0.1) is 0 Å². The highest BCUT2D eigenvalue weighted by atomic mass is 16.4. The molecule has 13 heteroatoms. The van der Waals surface area contributed by atoms with E-state index < -0.39 is 60.4 Å². The number of benzene rings is 1. The average Bonchev–Trinajstić information content (AvgIpc) is 2.74. The molecule has 4 atom stereocenters. The van der Waals surface area contributed by atoms with Gasteiger partial charge < -0.3 is 42.7 Å². The van der Waals surface area contributed by atoms with Crippen molar-refractivity contribution in [3.8, 4) is 5.75 Å². The lowest BCUT2D eigenvalue weighted by Gasteiger charge is -2.26. The third-order valence-corrected chi connectivity index (χ3v) is 4.57. The summed E-state index contributed by atoms with van der Waals surface area (Å²) in [5, 5.41) is 35.6. The fourth-order valence-corrected chi connectivity index (χ4v) is 2.80. The maximum Gasteiger partial charge on any atom is 0.326 e. The Bertz CT molecular complexity index is 859. The largest absolute Gasteiger partial charge is 0.508 e. The number of phenolic OH excluding ortho intramolecular Hbond substituents is 1. The highest BCUT2D eigenvalue weighted by molar-refractivity contribution is 5.94. The SMILES string of the molecule is CC(O)C(NC(=O)C(CCC(N)=O)NC(=O)CN)C(=O)NC(Cc1ccc(O)cc1)C(=O)O. The molecule has 13 nitrogen and oxygen atoms in total. The molecule has 0 spiro atoms. The summed E-state index contributed by atoms with van der Waals surface area (Å²) in [6.07, 6.45) is -1.99. The molecule has 0 heterocycles. The van der Waals surface area contributed by atoms with Crippen molar-refractivity contribution in [1.29, 1.82) is 0 Å². The second-order valence-corrected chi connectivity index (χ2v) is 7.33. The average molecular weight is 467 g/mol. The summed E-state index contributed by atoms with van der Waals surface area (Å²) in [6, 6.07) is 1.44. The Morgan fingerprint density at radius 3 is 2.06 bits per heavy atom. The molecule has 4 amide bonds. The normalized spacial score (nSPS) is 14.3. The molecule has 182 valence electrons. The number of amides is 4. The number of carboxylic acid groups (broad SMARTS) is 1. The van der Waals surface area contributed by atoms with E-state index in [2.05, 4.69) is 16.0 Å². The van der Waals surface area contributed by atoms with Gasteiger partial charge in [-0.1, -0.05) is 12.1 Å². The van der Waals surface area contributed by atoms with Crippen LogP contribution < -0.4 is 27.4 Å². The standard InChI is InChI=1S/C20H29N5O8/c1-10(26)17(25-18(30)13(6-7-15(22)28)23-16(29)9-21)19(31)24-14(20(32)33)8-11-2-4-12(27)5-3-11/h2-5,10,13-14,17,26-27H,6-9,21H2,1H3,(H2,22,28)(H,23,29)(H,24,31)(H,25,30)(H,32,33). The maximum atomic E-state index is 12.7. The number of carbonyl (C=O) groups is 5. The first-order valence-corrected chi connectivity index (χ1v) is 10.0. The molecule has 33 heavy (non-hydrogen) atoms. The number of carbonyl (C=O) groups excluding carboxylic acids is 4. The molecule has 0 aliphatic heterocycles. The van der Waals surface area contributed by atoms with Gasteiger partial charge in [-0.2, -0.15) is 0 Å². The number of aliphatic hydroxyl groups is 1. The van der Waals surface area contributed by atoms with Crippen molar-refractivity contribution in [1.82, 2.24) is 16.0 Å². The Labute approximate surface area is 189 Å². The van der Waals surface area contributed by atoms with Crippen molar-refractivity contribution < 1.29 is 39.3 Å². The van der Waals surface area contributed by atoms with E-state index >= 15 is 0 Å². The molecule has 0 aromatic heterocycles. The zero-order chi connectivity index (χ0) is 25.1. The highest BCUT2D eigenvalue weighted by Crippen LogP contribution is 2.12. The predicted molar refractivity (Wildman–Crippen MR) is 114 cm³/mol. The number of hydrogen-bond acceptors (Lipinski definition) is 8. The van der Waals surface area contributed by atoms with Gasteiger partial charge in [0.15, 0.2) is 0 Å². The number of aliphatic hydroxyl groups excluding tert-OH is 1. The zero-order valence-corrected chi connectivity index (χ0v) is 18.0. The van der Waals surface area contributed by atoms with Gasteiger partial charge in [0.2, 0.25) is 23.6 Å². The fraction of sp³-hybridized carbons (Fsp3) is 0.450. The topological polar surface area (TPSA) is 234 Å². The number of rotatable bonds is 13. The maximum absolute atomic E-state index is 12.7. The van der Waals surface area contributed by atoms with Crippen LogP contribution >= 0.6 is 0 Å². The summed E-state index contributed by atoms with van der Waals surface area (Å²) in [5.41, 5.74) is 10.8. The van der Waals surface area contributed by atoms with Crippen LogP contribution in [0.1, 0.15) is 25.3 Å². The van der Waals surface area contributed by atoms with E-state index in [4.69, 9.17) is 11.5 Å². The summed E-state index contributed by atoms with van der Waals surface area (Å²) < 4.78 is 0. The lowest BCUT2D eigenvalue weighted by molar-refractivity contribution is -0.143. The van der Waals surface area contributed by atoms with Gasteiger partial charge in [0.05, 0.1) is 12.6 Å². The van der Waals surface area contributed by atoms with Crippen molar-refractivity contribution in [3.05, 3.63) is 29.8 Å². The van der Waals surface area contributed by atoms with Crippen LogP contribution in [0.5, 0.6) is 5.75 Å². The van der Waals surface area contributed by atoms with Crippen LogP contribution in [-0.4, -0.2) is 75.7 Å². The second kappa shape index (κ2) is 13.0. The Hall–Kier alpha value is -3.71. The van der Waals surface area contributed by atoms with Gasteiger partial charge in [0.1, 0.15) is 23.9 Å². The van der Waals surface area contributed by atoms with Gasteiger partial charge in [0, 0.05) is 12.8 Å². The van der Waals surface area contributed by atoms with Crippen LogP contribution in [0.3, 0.4) is 0 Å². The molecule has 0 bridgehead atoms. The number of nitrogens with one attached hydrogen (secondary N) is 3. The first-order valence-electron chi connectivity index (χ1n) is 10.0. The molecule has 1 aromatic carbocycles. The van der Waals surface area contributed by atoms with Crippen LogP contribution in [0.4, 0.5) is 0 Å². The molecule has 4 unspecified atom stereocenters. The minimum absolute atomic E-state index is 0.0147. The summed E-state index contributed by atoms with van der Waals surface area (Å²) in [4.78, 5) is 59.6. The predicted octanol–water partition coefficient (Wildman–Crippen LogP) is -2.92. The number of phenols is 1. The minimum atomic E-state index is -1.56. The Morgan fingerprint density at radius 1 is 0.970 bits per heavy atom. The van der Waals surface area contributed by atoms with Crippen molar-refractivity contribution in [3.63, 3.8) is 0 Å². The van der Waals surface area contributed by atoms with Gasteiger partial charge in [-0.3, -0.25) is 19.2 Å². The number of aliphatic carboxylic acids is 1. The molecule has 0 saturated carbocycles. The zero-order valence-electron chi connectivity index (χ0n) is 18.0. The summed E-state index contributed by atoms with van der Waals surface area (Å²) in [7, 11) is 0. The smallest absolute Gasteiger partial charge is 0.326 e. The highest BCUT2D eigenvalue weighted by Gasteiger charge is 2.32. The third kappa shape index (κ3) is 9.53. The molecule has 1 rings (SSSR count). The van der Waals surface area contributed by atoms with Crippen molar-refractivity contribution in [2.75, 3.05) is 6.54 Å². The van der Waals surface area contributed by atoms with E-state index in [9.17, 15) is 39.3 Å². The lowest BCUT2D eigenvalue weighted by atomic mass is 10.0. The van der Waals surface area contributed by atoms with E-state index in [0.29, 0.717) is 5.56 Å². The fourth-order valence-electron chi connectivity index (χ4n) is 2.80. The molecular weight excluding hydrogens is 438 g/mol. The van der Waals surface area contributed by atoms with E-state index in [1.54, 1.807) is 0 Å². The van der Waals surface area contributed by atoms with E-state index in [-0.39, 0.29) is 25.0 Å². The first-order chi connectivity index (χ1) is 15.4. The molecule has 1 aromatic rings. The van der Waals surface area contributed by atoms with Crippen LogP contribution in [0.2, 0.25) is 0 Å². The van der Waals surface area contributed by atoms with Gasteiger partial charge in [-0.05, 0) is 31.0 Å². The van der Waals surface area contributed by atoms with E-state index in [0.717, 1.165) is 0 Å². The number of hydrogen-bond donors (Lipinski definition) is 8. The lowest BCUT2D eigenvalue weighted by Crippen LogP contribution is -2.59. The molecule has 0 aliphatic rings. The molecule has 0 fully saturated rings. The van der Waals surface area contributed by atoms with E-state index in [1.807, 2.05) is 0 Å². The summed E-state index contributed by atoms with van der Waals surface area (Å²) in [6.45, 7) is 0.773. The first kappa shape index (κ1) is 27.3. The van der Waals surface area contributed by atoms with Gasteiger partial charge in [0.25, 0.3) is 0 Å². The Morgan fingerprint density at radius 2 is 1.58 bits per heavy atom. The van der Waals surface area contributed by atoms with Gasteiger partial charge >= 0.3 is 5.97 Å². The molecule has 0 saturated heterocycles. The minimum Gasteiger partial charge on any atom is -0.508 e. The third-order valence-electron chi connectivity index (χ3n) is 4.57. The van der Waals surface area contributed by atoms with Crippen LogP contribution in [0.15, 0.2) is 24.3 Å². The molecule has 0 radical (unpaired) electrons. The van der Waals surface area contributed by atoms with Crippen LogP contribution in [0.25, 0.3) is 0 Å². The van der Waals surface area contributed by atoms with Crippen molar-refractivity contribution in [2.24, 2.45) is 11.5 Å². The molecule has 10 N–H and O–H groups in total. The number of nitrogens with two attached hydrogens (primary N) is 2. The number of carboxylic acids is 1. The van der Waals surface area contributed by atoms with Crippen molar-refractivity contribution in [2.45, 2.75) is 50.4 Å². The molecule has 0 aliphatic carbocycles. The van der Waals surface area contributed by atoms with E-state index in [1.165, 1.54) is 31.2 Å². The number of aromatic hydroxyl groups is 1.